The van der Waals surface area contributed by atoms with Crippen molar-refractivity contribution in [2.24, 2.45) is 5.92 Å². The summed E-state index contributed by atoms with van der Waals surface area (Å²) in [6, 6.07) is 25.8. The first kappa shape index (κ1) is 26.7. The normalized spacial score (nSPS) is 12.1. The average Bonchev–Trinajstić information content (AvgIpc) is 2.92. The van der Waals surface area contributed by atoms with Gasteiger partial charge in [0.25, 0.3) is 10.0 Å². The lowest BCUT2D eigenvalue weighted by Gasteiger charge is -2.26. The monoisotopic (exact) mass is 531 g/mol. The van der Waals surface area contributed by atoms with Gasteiger partial charge in [-0.2, -0.15) is 0 Å². The fraction of sp³-hybridized carbons (Fsp3) is 0.172. The molecule has 0 saturated carbocycles. The first-order valence-electron chi connectivity index (χ1n) is 12.1. The van der Waals surface area contributed by atoms with Gasteiger partial charge < -0.3 is 15.4 Å². The topological polar surface area (TPSA) is 119 Å². The molecular formula is C29H29N3O5S. The fourth-order valence-corrected chi connectivity index (χ4v) is 5.32. The van der Waals surface area contributed by atoms with Gasteiger partial charge in [-0.3, -0.25) is 9.59 Å². The van der Waals surface area contributed by atoms with Gasteiger partial charge in [0.05, 0.1) is 17.7 Å². The molecule has 1 atom stereocenters. The molecular weight excluding hydrogens is 502 g/mol. The van der Waals surface area contributed by atoms with Crippen LogP contribution in [0.4, 0.5) is 11.4 Å². The summed E-state index contributed by atoms with van der Waals surface area (Å²) >= 11 is 0. The van der Waals surface area contributed by atoms with Crippen LogP contribution in [0.1, 0.15) is 12.5 Å². The summed E-state index contributed by atoms with van der Waals surface area (Å²) in [5.74, 6) is -2.39. The number of hydrogen-bond donors (Lipinski definition) is 2. The number of rotatable bonds is 9. The number of sulfonamides is 1. The zero-order valence-electron chi connectivity index (χ0n) is 21.1. The minimum Gasteiger partial charge on any atom is -0.495 e. The summed E-state index contributed by atoms with van der Waals surface area (Å²) < 4.78 is 33.9. The quantitative estimate of drug-likeness (QED) is 0.247. The van der Waals surface area contributed by atoms with E-state index in [0.29, 0.717) is 28.1 Å². The SMILES string of the molecule is CCN(C(=O)C(Cc1ccc(N)c(OC)c1)C(=O)NS(=O)(=O)c1ccc2ccccc2c1)c1ccccc1. The van der Waals surface area contributed by atoms with Crippen molar-refractivity contribution in [2.45, 2.75) is 18.2 Å². The second kappa shape index (κ2) is 11.4. The van der Waals surface area contributed by atoms with E-state index >= 15 is 0 Å². The number of anilines is 2. The largest absolute Gasteiger partial charge is 0.495 e. The number of carbonyl (C=O) groups excluding carboxylic acids is 2. The number of nitrogen functional groups attached to an aromatic ring is 1. The van der Waals surface area contributed by atoms with E-state index in [2.05, 4.69) is 4.72 Å². The molecule has 0 heterocycles. The van der Waals surface area contributed by atoms with Crippen molar-refractivity contribution < 1.29 is 22.7 Å². The highest BCUT2D eigenvalue weighted by molar-refractivity contribution is 7.90. The van der Waals surface area contributed by atoms with Gasteiger partial charge in [0.15, 0.2) is 0 Å². The zero-order valence-corrected chi connectivity index (χ0v) is 21.9. The Morgan fingerprint density at radius 3 is 2.29 bits per heavy atom. The van der Waals surface area contributed by atoms with Gasteiger partial charge >= 0.3 is 0 Å². The highest BCUT2D eigenvalue weighted by Crippen LogP contribution is 2.26. The number of carbonyl (C=O) groups is 2. The molecule has 4 rings (SSSR count). The maximum atomic E-state index is 13.8. The maximum absolute atomic E-state index is 13.8. The van der Waals surface area contributed by atoms with Gasteiger partial charge in [0, 0.05) is 12.2 Å². The molecule has 0 aliphatic rings. The molecule has 38 heavy (non-hydrogen) atoms. The number of nitrogens with two attached hydrogens (primary N) is 1. The molecule has 1 unspecified atom stereocenters. The van der Waals surface area contributed by atoms with Gasteiger partial charge in [0.1, 0.15) is 11.7 Å². The number of para-hydroxylation sites is 1. The summed E-state index contributed by atoms with van der Waals surface area (Å²) in [4.78, 5) is 28.7. The van der Waals surface area contributed by atoms with E-state index in [1.807, 2.05) is 18.2 Å². The Labute approximate surface area is 222 Å². The Bertz CT molecular complexity index is 1570. The Hall–Kier alpha value is -4.37. The van der Waals surface area contributed by atoms with Crippen molar-refractivity contribution in [2.75, 3.05) is 24.3 Å². The van der Waals surface area contributed by atoms with Crippen molar-refractivity contribution in [3.63, 3.8) is 0 Å². The molecule has 196 valence electrons. The van der Waals surface area contributed by atoms with E-state index in [4.69, 9.17) is 10.5 Å². The number of benzene rings is 4. The molecule has 0 spiro atoms. The van der Waals surface area contributed by atoms with E-state index in [-0.39, 0.29) is 17.9 Å². The van der Waals surface area contributed by atoms with E-state index < -0.39 is 27.8 Å². The third kappa shape index (κ3) is 5.78. The molecule has 0 radical (unpaired) electrons. The molecule has 0 aliphatic heterocycles. The van der Waals surface area contributed by atoms with Crippen molar-refractivity contribution in [3.05, 3.63) is 96.6 Å². The van der Waals surface area contributed by atoms with Crippen LogP contribution in [0, 0.1) is 5.92 Å². The summed E-state index contributed by atoms with van der Waals surface area (Å²) in [6.07, 6.45) is -0.0577. The van der Waals surface area contributed by atoms with E-state index in [0.717, 1.165) is 5.39 Å². The van der Waals surface area contributed by atoms with Crippen LogP contribution in [0.25, 0.3) is 10.8 Å². The van der Waals surface area contributed by atoms with Crippen molar-refractivity contribution in [3.8, 4) is 5.75 Å². The lowest BCUT2D eigenvalue weighted by molar-refractivity contribution is -0.132. The predicted molar refractivity (Wildman–Crippen MR) is 148 cm³/mol. The van der Waals surface area contributed by atoms with Gasteiger partial charge in [-0.05, 0) is 66.1 Å². The smallest absolute Gasteiger partial charge is 0.264 e. The second-order valence-corrected chi connectivity index (χ2v) is 10.4. The molecule has 9 heteroatoms. The Balaban J connectivity index is 1.68. The van der Waals surface area contributed by atoms with Crippen molar-refractivity contribution in [1.82, 2.24) is 4.72 Å². The van der Waals surface area contributed by atoms with Crippen LogP contribution in [0.3, 0.4) is 0 Å². The van der Waals surface area contributed by atoms with Crippen LogP contribution in [-0.2, 0) is 26.0 Å². The van der Waals surface area contributed by atoms with Gasteiger partial charge in [-0.1, -0.05) is 54.6 Å². The van der Waals surface area contributed by atoms with Crippen LogP contribution >= 0.6 is 0 Å². The predicted octanol–water partition coefficient (Wildman–Crippen LogP) is 4.15. The molecule has 0 bridgehead atoms. The highest BCUT2D eigenvalue weighted by Gasteiger charge is 2.34. The fourth-order valence-electron chi connectivity index (χ4n) is 4.27. The zero-order chi connectivity index (χ0) is 27.3. The lowest BCUT2D eigenvalue weighted by atomic mass is 9.96. The van der Waals surface area contributed by atoms with Crippen molar-refractivity contribution in [1.29, 1.82) is 0 Å². The maximum Gasteiger partial charge on any atom is 0.264 e. The van der Waals surface area contributed by atoms with Crippen LogP contribution < -0.4 is 20.1 Å². The lowest BCUT2D eigenvalue weighted by Crippen LogP contribution is -2.46. The van der Waals surface area contributed by atoms with Crippen LogP contribution in [0.15, 0.2) is 95.9 Å². The third-order valence-electron chi connectivity index (χ3n) is 6.27. The number of nitrogens with zero attached hydrogens (tertiary/aromatic N) is 1. The van der Waals surface area contributed by atoms with E-state index in [1.54, 1.807) is 67.6 Å². The molecule has 3 N–H and O–H groups in total. The van der Waals surface area contributed by atoms with E-state index in [9.17, 15) is 18.0 Å². The third-order valence-corrected chi connectivity index (χ3v) is 7.61. The minimum atomic E-state index is -4.25. The summed E-state index contributed by atoms with van der Waals surface area (Å²) in [5, 5.41) is 1.58. The second-order valence-electron chi connectivity index (χ2n) is 8.73. The molecule has 0 fully saturated rings. The number of ether oxygens (including phenoxy) is 1. The summed E-state index contributed by atoms with van der Waals surface area (Å²) in [6.45, 7) is 2.08. The van der Waals surface area contributed by atoms with Gasteiger partial charge in [0.2, 0.25) is 11.8 Å². The first-order valence-corrected chi connectivity index (χ1v) is 13.6. The Morgan fingerprint density at radius 2 is 1.61 bits per heavy atom. The van der Waals surface area contributed by atoms with Gasteiger partial charge in [-0.25, -0.2) is 13.1 Å². The van der Waals surface area contributed by atoms with Crippen LogP contribution in [0.5, 0.6) is 5.75 Å². The molecule has 2 amide bonds. The number of nitrogens with one attached hydrogen (secondary N) is 1. The highest BCUT2D eigenvalue weighted by atomic mass is 32.2. The molecule has 0 aromatic heterocycles. The van der Waals surface area contributed by atoms with Crippen LogP contribution in [-0.4, -0.2) is 33.9 Å². The van der Waals surface area contributed by atoms with E-state index in [1.165, 1.54) is 24.1 Å². The van der Waals surface area contributed by atoms with Gasteiger partial charge in [-0.15, -0.1) is 0 Å². The molecule has 8 nitrogen and oxygen atoms in total. The molecule has 0 saturated heterocycles. The van der Waals surface area contributed by atoms with Crippen LogP contribution in [0.2, 0.25) is 0 Å². The Kier molecular flexibility index (Phi) is 7.97. The minimum absolute atomic E-state index is 0.0577. The van der Waals surface area contributed by atoms with Crippen molar-refractivity contribution >= 4 is 44.0 Å². The first-order chi connectivity index (χ1) is 18.2. The number of hydrogen-bond acceptors (Lipinski definition) is 6. The molecule has 0 aliphatic carbocycles. The Morgan fingerprint density at radius 1 is 0.921 bits per heavy atom. The summed E-state index contributed by atoms with van der Waals surface area (Å²) in [7, 11) is -2.79. The number of methoxy groups -OCH3 is 1. The number of amides is 2. The molecule has 4 aromatic carbocycles. The number of fused-ring (bicyclic) bond motifs is 1. The molecule has 4 aromatic rings. The standard InChI is InChI=1S/C29H29N3O5S/c1-3-32(23-11-5-4-6-12-23)29(34)25(17-20-13-16-26(30)27(18-20)37-2)28(33)31-38(35,36)24-15-14-21-9-7-8-10-22(21)19-24/h4-16,18-19,25H,3,17,30H2,1-2H3,(H,31,33). The average molecular weight is 532 g/mol. The summed E-state index contributed by atoms with van der Waals surface area (Å²) in [5.41, 5.74) is 7.53.